The minimum Gasteiger partial charge on any atom is -0.493 e. The SMILES string of the molecule is CCOc1c(-c2ccccc2)cccc1C(C)C=C=O.O=C(O)O.c1ccccc1. The quantitative estimate of drug-likeness (QED) is 0.496. The molecule has 0 fully saturated rings. The summed E-state index contributed by atoms with van der Waals surface area (Å²) < 4.78 is 5.84. The van der Waals surface area contributed by atoms with Gasteiger partial charge in [0, 0.05) is 23.1 Å². The van der Waals surface area contributed by atoms with Gasteiger partial charge in [-0.1, -0.05) is 91.9 Å². The molecule has 3 aromatic rings. The fraction of sp³-hybridized carbons (Fsp3) is 0.160. The lowest BCUT2D eigenvalue weighted by Gasteiger charge is -2.17. The molecule has 0 saturated carbocycles. The van der Waals surface area contributed by atoms with Gasteiger partial charge in [-0.25, -0.2) is 9.59 Å². The number of benzene rings is 3. The number of hydrogen-bond donors (Lipinski definition) is 2. The summed E-state index contributed by atoms with van der Waals surface area (Å²) in [6.45, 7) is 4.53. The van der Waals surface area contributed by atoms with E-state index >= 15 is 0 Å². The molecule has 0 amide bonds. The smallest absolute Gasteiger partial charge is 0.493 e. The molecule has 156 valence electrons. The van der Waals surface area contributed by atoms with Gasteiger partial charge in [0.2, 0.25) is 0 Å². The summed E-state index contributed by atoms with van der Waals surface area (Å²) in [6, 6.07) is 28.2. The molecule has 3 rings (SSSR count). The van der Waals surface area contributed by atoms with E-state index in [1.165, 1.54) is 6.08 Å². The van der Waals surface area contributed by atoms with Crippen molar-refractivity contribution in [2.24, 2.45) is 0 Å². The molecule has 0 heterocycles. The number of rotatable bonds is 5. The molecule has 1 unspecified atom stereocenters. The molecule has 5 heteroatoms. The molecule has 0 aromatic heterocycles. The normalized spacial score (nSPS) is 10.1. The van der Waals surface area contributed by atoms with E-state index < -0.39 is 6.16 Å². The van der Waals surface area contributed by atoms with Crippen molar-refractivity contribution in [2.45, 2.75) is 19.8 Å². The van der Waals surface area contributed by atoms with Crippen LogP contribution < -0.4 is 4.74 Å². The molecule has 0 bridgehead atoms. The van der Waals surface area contributed by atoms with Crippen molar-refractivity contribution in [3.8, 4) is 16.9 Å². The highest BCUT2D eigenvalue weighted by molar-refractivity contribution is 5.73. The second kappa shape index (κ2) is 14.2. The Labute approximate surface area is 176 Å². The molecule has 30 heavy (non-hydrogen) atoms. The van der Waals surface area contributed by atoms with Crippen LogP contribution in [-0.4, -0.2) is 28.9 Å². The molecule has 0 spiro atoms. The Morgan fingerprint density at radius 3 is 1.90 bits per heavy atom. The van der Waals surface area contributed by atoms with E-state index in [2.05, 4.69) is 12.1 Å². The molecular weight excluding hydrogens is 380 g/mol. The van der Waals surface area contributed by atoms with Crippen molar-refractivity contribution >= 4 is 12.1 Å². The molecule has 1 atom stereocenters. The summed E-state index contributed by atoms with van der Waals surface area (Å²) in [5.74, 6) is 2.70. The topological polar surface area (TPSA) is 83.8 Å². The Kier molecular flexibility index (Phi) is 11.5. The first-order chi connectivity index (χ1) is 14.5. The standard InChI is InChI=1S/C18H18O2.C6H6.CH2O3/c1-3-20-18-16(14(2)12-13-19)10-7-11-17(18)15-8-5-4-6-9-15;1-2-4-6-5-3-1;2-1(3)4/h4-12,14H,3H2,1-2H3;1-6H;(H2,2,3,4). The molecular formula is C25H26O5. The van der Waals surface area contributed by atoms with E-state index in [-0.39, 0.29) is 5.92 Å². The van der Waals surface area contributed by atoms with Gasteiger partial charge >= 0.3 is 6.16 Å². The van der Waals surface area contributed by atoms with Crippen molar-refractivity contribution in [1.29, 1.82) is 0 Å². The first-order valence-electron chi connectivity index (χ1n) is 9.45. The van der Waals surface area contributed by atoms with Crippen molar-refractivity contribution in [3.05, 3.63) is 96.6 Å². The monoisotopic (exact) mass is 406 g/mol. The predicted octanol–water partition coefficient (Wildman–Crippen LogP) is 6.15. The first-order valence-corrected chi connectivity index (χ1v) is 9.45. The zero-order valence-corrected chi connectivity index (χ0v) is 17.1. The van der Waals surface area contributed by atoms with Crippen LogP contribution in [-0.2, 0) is 4.79 Å². The molecule has 0 aliphatic heterocycles. The summed E-state index contributed by atoms with van der Waals surface area (Å²) in [6.07, 6.45) is -0.313. The van der Waals surface area contributed by atoms with Crippen LogP contribution in [0, 0.1) is 0 Å². The van der Waals surface area contributed by atoms with Gasteiger partial charge < -0.3 is 14.9 Å². The summed E-state index contributed by atoms with van der Waals surface area (Å²) in [4.78, 5) is 19.1. The van der Waals surface area contributed by atoms with Gasteiger partial charge in [-0.15, -0.1) is 0 Å². The van der Waals surface area contributed by atoms with Crippen LogP contribution in [0.1, 0.15) is 25.3 Å². The van der Waals surface area contributed by atoms with Crippen molar-refractivity contribution in [2.75, 3.05) is 6.61 Å². The minimum absolute atomic E-state index is 0.0160. The zero-order valence-electron chi connectivity index (χ0n) is 17.1. The maximum Gasteiger partial charge on any atom is 0.503 e. The second-order valence-electron chi connectivity index (χ2n) is 6.03. The van der Waals surface area contributed by atoms with Gasteiger partial charge in [0.05, 0.1) is 6.61 Å². The number of hydrogen-bond acceptors (Lipinski definition) is 3. The van der Waals surface area contributed by atoms with Crippen LogP contribution in [0.4, 0.5) is 4.79 Å². The lowest BCUT2D eigenvalue weighted by Crippen LogP contribution is -2.01. The van der Waals surface area contributed by atoms with E-state index in [9.17, 15) is 4.79 Å². The molecule has 0 aliphatic rings. The fourth-order valence-corrected chi connectivity index (χ4v) is 2.64. The average molecular weight is 406 g/mol. The van der Waals surface area contributed by atoms with Crippen LogP contribution in [0.15, 0.2) is 91.0 Å². The molecule has 3 aromatic carbocycles. The average Bonchev–Trinajstić information content (AvgIpc) is 2.76. The molecule has 0 aliphatic carbocycles. The Morgan fingerprint density at radius 1 is 0.933 bits per heavy atom. The van der Waals surface area contributed by atoms with Crippen molar-refractivity contribution < 1.29 is 24.5 Å². The lowest BCUT2D eigenvalue weighted by molar-refractivity contribution is 0.137. The van der Waals surface area contributed by atoms with Crippen molar-refractivity contribution in [3.63, 3.8) is 0 Å². The Hall–Kier alpha value is -3.82. The lowest BCUT2D eigenvalue weighted by atomic mass is 9.94. The summed E-state index contributed by atoms with van der Waals surface area (Å²) in [5.41, 5.74) is 3.17. The van der Waals surface area contributed by atoms with Crippen molar-refractivity contribution in [1.82, 2.24) is 0 Å². The minimum atomic E-state index is -1.83. The van der Waals surface area contributed by atoms with Crippen LogP contribution in [0.25, 0.3) is 11.1 Å². The zero-order chi connectivity index (χ0) is 22.2. The van der Waals surface area contributed by atoms with E-state index in [1.807, 2.05) is 92.6 Å². The number of carbonyl (C=O) groups excluding carboxylic acids is 1. The van der Waals surface area contributed by atoms with Gasteiger partial charge in [0.25, 0.3) is 0 Å². The number of carbonyl (C=O) groups is 1. The number of carboxylic acid groups (broad SMARTS) is 2. The Bertz CT molecular complexity index is 886. The summed E-state index contributed by atoms with van der Waals surface area (Å²) >= 11 is 0. The first kappa shape index (κ1) is 24.2. The van der Waals surface area contributed by atoms with Gasteiger partial charge in [0.1, 0.15) is 11.7 Å². The van der Waals surface area contributed by atoms with Gasteiger partial charge in [-0.3, -0.25) is 0 Å². The third kappa shape index (κ3) is 8.91. The highest BCUT2D eigenvalue weighted by Crippen LogP contribution is 2.37. The Balaban J connectivity index is 0.000000370. The van der Waals surface area contributed by atoms with Crippen LogP contribution in [0.2, 0.25) is 0 Å². The maximum absolute atomic E-state index is 10.6. The molecule has 0 radical (unpaired) electrons. The van der Waals surface area contributed by atoms with Crippen LogP contribution >= 0.6 is 0 Å². The van der Waals surface area contributed by atoms with Crippen LogP contribution in [0.3, 0.4) is 0 Å². The van der Waals surface area contributed by atoms with Gasteiger partial charge in [-0.2, -0.15) is 0 Å². The van der Waals surface area contributed by atoms with E-state index in [0.717, 1.165) is 22.4 Å². The third-order valence-electron chi connectivity index (χ3n) is 3.89. The highest BCUT2D eigenvalue weighted by atomic mass is 16.6. The molecule has 0 saturated heterocycles. The van der Waals surface area contributed by atoms with E-state index in [0.29, 0.717) is 6.61 Å². The molecule has 2 N–H and O–H groups in total. The maximum atomic E-state index is 10.6. The summed E-state index contributed by atoms with van der Waals surface area (Å²) in [5, 5.41) is 13.9. The molecule has 5 nitrogen and oxygen atoms in total. The highest BCUT2D eigenvalue weighted by Gasteiger charge is 2.14. The Morgan fingerprint density at radius 2 is 1.43 bits per heavy atom. The van der Waals surface area contributed by atoms with E-state index in [4.69, 9.17) is 19.7 Å². The number of ether oxygens (including phenoxy) is 1. The number of para-hydroxylation sites is 1. The predicted molar refractivity (Wildman–Crippen MR) is 119 cm³/mol. The summed E-state index contributed by atoms with van der Waals surface area (Å²) in [7, 11) is 0. The van der Waals surface area contributed by atoms with E-state index in [1.54, 1.807) is 0 Å². The van der Waals surface area contributed by atoms with Gasteiger partial charge in [0.15, 0.2) is 0 Å². The third-order valence-corrected chi connectivity index (χ3v) is 3.89. The van der Waals surface area contributed by atoms with Gasteiger partial charge in [-0.05, 0) is 12.5 Å². The number of allylic oxidation sites excluding steroid dienone is 1. The second-order valence-corrected chi connectivity index (χ2v) is 6.03. The largest absolute Gasteiger partial charge is 0.503 e. The fourth-order valence-electron chi connectivity index (χ4n) is 2.64. The van der Waals surface area contributed by atoms with Crippen LogP contribution in [0.5, 0.6) is 5.75 Å².